The number of hydrogen-bond acceptors (Lipinski definition) is 0. The van der Waals surface area contributed by atoms with E-state index in [1.165, 1.54) is 22.0 Å². The van der Waals surface area contributed by atoms with Gasteiger partial charge < -0.3 is 4.98 Å². The van der Waals surface area contributed by atoms with Gasteiger partial charge in [-0.1, -0.05) is 32.4 Å². The minimum atomic E-state index is 0.612. The molecule has 1 unspecified atom stereocenters. The molecule has 0 amide bonds. The van der Waals surface area contributed by atoms with Crippen LogP contribution in [0, 0.1) is 12.8 Å². The molecule has 0 spiro atoms. The molecule has 1 N–H and O–H groups in total. The number of aryl methyl sites for hydroxylation is 1. The van der Waals surface area contributed by atoms with E-state index in [-0.39, 0.29) is 0 Å². The lowest BCUT2D eigenvalue weighted by molar-refractivity contribution is 0.538. The second-order valence-corrected chi connectivity index (χ2v) is 4.83. The highest BCUT2D eigenvalue weighted by Crippen LogP contribution is 2.30. The van der Waals surface area contributed by atoms with Gasteiger partial charge in [0, 0.05) is 17.1 Å². The molecule has 1 atom stereocenters. The maximum atomic E-state index is 3.35. The molecule has 0 fully saturated rings. The largest absolute Gasteiger partial charge is 0.361 e. The Bertz CT molecular complexity index is 465. The molecular weight excluding hydrogens is 182 g/mol. The fourth-order valence-corrected chi connectivity index (χ4v) is 1.99. The van der Waals surface area contributed by atoms with Crippen molar-refractivity contribution in [3.05, 3.63) is 35.5 Å². The standard InChI is InChI=1S/C14H19N/c1-9(2)11(4)13-8-15-14-6-5-10(3)7-12(13)14/h5-9,11,15H,1-4H3. The first kappa shape index (κ1) is 10.3. The van der Waals surface area contributed by atoms with E-state index in [9.17, 15) is 0 Å². The third-order valence-electron chi connectivity index (χ3n) is 3.36. The Kier molecular flexibility index (Phi) is 2.56. The van der Waals surface area contributed by atoms with E-state index in [0.29, 0.717) is 11.8 Å². The summed E-state index contributed by atoms with van der Waals surface area (Å²) in [5.41, 5.74) is 4.03. The second-order valence-electron chi connectivity index (χ2n) is 4.83. The highest BCUT2D eigenvalue weighted by atomic mass is 14.7. The summed E-state index contributed by atoms with van der Waals surface area (Å²) in [6, 6.07) is 6.60. The summed E-state index contributed by atoms with van der Waals surface area (Å²) >= 11 is 0. The first-order valence-electron chi connectivity index (χ1n) is 5.67. The van der Waals surface area contributed by atoms with Crippen LogP contribution in [0.25, 0.3) is 10.9 Å². The van der Waals surface area contributed by atoms with Crippen molar-refractivity contribution in [2.45, 2.75) is 33.6 Å². The van der Waals surface area contributed by atoms with Crippen molar-refractivity contribution in [1.82, 2.24) is 4.98 Å². The second kappa shape index (κ2) is 3.73. The van der Waals surface area contributed by atoms with Gasteiger partial charge in [0.25, 0.3) is 0 Å². The molecule has 0 aliphatic rings. The van der Waals surface area contributed by atoms with Crippen LogP contribution in [-0.2, 0) is 0 Å². The molecule has 1 nitrogen and oxygen atoms in total. The van der Waals surface area contributed by atoms with E-state index < -0.39 is 0 Å². The number of hydrogen-bond donors (Lipinski definition) is 1. The lowest BCUT2D eigenvalue weighted by Crippen LogP contribution is -2.00. The van der Waals surface area contributed by atoms with Crippen molar-refractivity contribution in [1.29, 1.82) is 0 Å². The normalized spacial score (nSPS) is 13.7. The fourth-order valence-electron chi connectivity index (χ4n) is 1.99. The summed E-state index contributed by atoms with van der Waals surface area (Å²) < 4.78 is 0. The summed E-state index contributed by atoms with van der Waals surface area (Å²) in [6.45, 7) is 9.00. The number of benzene rings is 1. The van der Waals surface area contributed by atoms with Crippen LogP contribution >= 0.6 is 0 Å². The molecule has 0 aliphatic heterocycles. The van der Waals surface area contributed by atoms with E-state index in [1.54, 1.807) is 0 Å². The topological polar surface area (TPSA) is 15.8 Å². The average Bonchev–Trinajstić information content (AvgIpc) is 2.59. The van der Waals surface area contributed by atoms with Crippen LogP contribution in [0.3, 0.4) is 0 Å². The molecular formula is C14H19N. The number of aromatic amines is 1. The minimum Gasteiger partial charge on any atom is -0.361 e. The minimum absolute atomic E-state index is 0.612. The molecule has 80 valence electrons. The Balaban J connectivity index is 2.56. The van der Waals surface area contributed by atoms with Crippen LogP contribution in [0.15, 0.2) is 24.4 Å². The van der Waals surface area contributed by atoms with Gasteiger partial charge in [0.1, 0.15) is 0 Å². The van der Waals surface area contributed by atoms with E-state index >= 15 is 0 Å². The maximum Gasteiger partial charge on any atom is 0.0457 e. The summed E-state index contributed by atoms with van der Waals surface area (Å²) in [4.78, 5) is 3.35. The highest BCUT2D eigenvalue weighted by Gasteiger charge is 2.14. The van der Waals surface area contributed by atoms with Crippen molar-refractivity contribution in [2.24, 2.45) is 5.92 Å². The Morgan fingerprint density at radius 3 is 2.53 bits per heavy atom. The van der Waals surface area contributed by atoms with Crippen LogP contribution in [-0.4, -0.2) is 4.98 Å². The quantitative estimate of drug-likeness (QED) is 0.748. The molecule has 2 rings (SSSR count). The molecule has 0 bridgehead atoms. The molecule has 1 aromatic carbocycles. The Hall–Kier alpha value is -1.24. The van der Waals surface area contributed by atoms with Crippen LogP contribution in [0.5, 0.6) is 0 Å². The summed E-state index contributed by atoms with van der Waals surface area (Å²) in [5, 5.41) is 1.39. The number of fused-ring (bicyclic) bond motifs is 1. The van der Waals surface area contributed by atoms with E-state index in [4.69, 9.17) is 0 Å². The third kappa shape index (κ3) is 1.79. The lowest BCUT2D eigenvalue weighted by atomic mass is 9.90. The molecule has 1 aromatic heterocycles. The molecule has 1 heterocycles. The number of nitrogens with one attached hydrogen (secondary N) is 1. The summed E-state index contributed by atoms with van der Waals surface area (Å²) in [6.07, 6.45) is 2.16. The predicted molar refractivity (Wildman–Crippen MR) is 66.3 cm³/mol. The fraction of sp³-hybridized carbons (Fsp3) is 0.429. The third-order valence-corrected chi connectivity index (χ3v) is 3.36. The van der Waals surface area contributed by atoms with E-state index in [1.807, 2.05) is 0 Å². The zero-order chi connectivity index (χ0) is 11.0. The maximum absolute atomic E-state index is 3.35. The highest BCUT2D eigenvalue weighted by molar-refractivity contribution is 5.84. The Morgan fingerprint density at radius 1 is 1.13 bits per heavy atom. The van der Waals surface area contributed by atoms with Crippen LogP contribution < -0.4 is 0 Å². The predicted octanol–water partition coefficient (Wildman–Crippen LogP) is 4.24. The first-order chi connectivity index (χ1) is 7.09. The van der Waals surface area contributed by atoms with Gasteiger partial charge in [0.05, 0.1) is 0 Å². The van der Waals surface area contributed by atoms with Crippen molar-refractivity contribution in [2.75, 3.05) is 0 Å². The molecule has 0 aliphatic carbocycles. The van der Waals surface area contributed by atoms with Crippen molar-refractivity contribution < 1.29 is 0 Å². The zero-order valence-corrected chi connectivity index (χ0v) is 9.96. The molecule has 1 heteroatoms. The van der Waals surface area contributed by atoms with Crippen molar-refractivity contribution in [3.8, 4) is 0 Å². The molecule has 0 radical (unpaired) electrons. The van der Waals surface area contributed by atoms with Gasteiger partial charge in [-0.2, -0.15) is 0 Å². The number of rotatable bonds is 2. The summed E-state index contributed by atoms with van der Waals surface area (Å²) in [5.74, 6) is 1.30. The van der Waals surface area contributed by atoms with Crippen LogP contribution in [0.1, 0.15) is 37.8 Å². The zero-order valence-electron chi connectivity index (χ0n) is 9.96. The van der Waals surface area contributed by atoms with Gasteiger partial charge in [0.15, 0.2) is 0 Å². The van der Waals surface area contributed by atoms with Gasteiger partial charge in [-0.15, -0.1) is 0 Å². The van der Waals surface area contributed by atoms with Crippen LogP contribution in [0.4, 0.5) is 0 Å². The first-order valence-corrected chi connectivity index (χ1v) is 5.67. The van der Waals surface area contributed by atoms with Crippen molar-refractivity contribution in [3.63, 3.8) is 0 Å². The van der Waals surface area contributed by atoms with Gasteiger partial charge in [0.2, 0.25) is 0 Å². The number of aromatic nitrogens is 1. The molecule has 0 saturated heterocycles. The summed E-state index contributed by atoms with van der Waals surface area (Å²) in [7, 11) is 0. The van der Waals surface area contributed by atoms with Gasteiger partial charge in [-0.05, 0) is 36.5 Å². The lowest BCUT2D eigenvalue weighted by Gasteiger charge is -2.14. The van der Waals surface area contributed by atoms with Gasteiger partial charge >= 0.3 is 0 Å². The SMILES string of the molecule is Cc1ccc2[nH]cc(C(C)C(C)C)c2c1. The van der Waals surface area contributed by atoms with Crippen molar-refractivity contribution >= 4 is 10.9 Å². The van der Waals surface area contributed by atoms with E-state index in [0.717, 1.165) is 0 Å². The molecule has 2 aromatic rings. The number of H-pyrrole nitrogens is 1. The molecule has 0 saturated carbocycles. The van der Waals surface area contributed by atoms with Crippen LogP contribution in [0.2, 0.25) is 0 Å². The van der Waals surface area contributed by atoms with Gasteiger partial charge in [-0.3, -0.25) is 0 Å². The Labute approximate surface area is 91.5 Å². The monoisotopic (exact) mass is 201 g/mol. The smallest absolute Gasteiger partial charge is 0.0457 e. The molecule has 15 heavy (non-hydrogen) atoms. The average molecular weight is 201 g/mol. The van der Waals surface area contributed by atoms with E-state index in [2.05, 4.69) is 57.1 Å². The Morgan fingerprint density at radius 2 is 1.87 bits per heavy atom. The van der Waals surface area contributed by atoms with Gasteiger partial charge in [-0.25, -0.2) is 0 Å².